The number of nitrogens with zero attached hydrogens (tertiary/aromatic N) is 3. The van der Waals surface area contributed by atoms with E-state index in [4.69, 9.17) is 9.47 Å². The van der Waals surface area contributed by atoms with Crippen molar-refractivity contribution in [1.82, 2.24) is 20.0 Å². The smallest absolute Gasteiger partial charge is 0.414 e. The van der Waals surface area contributed by atoms with Gasteiger partial charge in [-0.2, -0.15) is 5.10 Å². The van der Waals surface area contributed by atoms with E-state index in [1.165, 1.54) is 25.7 Å². The summed E-state index contributed by atoms with van der Waals surface area (Å²) in [7, 11) is 0. The van der Waals surface area contributed by atoms with E-state index in [0.29, 0.717) is 5.88 Å². The molecule has 2 saturated carbocycles. The van der Waals surface area contributed by atoms with Gasteiger partial charge < -0.3 is 19.7 Å². The molecule has 1 saturated heterocycles. The number of aromatic nitrogens is 2. The Bertz CT molecular complexity index is 924. The van der Waals surface area contributed by atoms with E-state index in [2.05, 4.69) is 15.3 Å². The summed E-state index contributed by atoms with van der Waals surface area (Å²) in [4.78, 5) is 15.1. The molecule has 7 nitrogen and oxygen atoms in total. The van der Waals surface area contributed by atoms with Crippen molar-refractivity contribution in [2.75, 3.05) is 13.1 Å². The number of carbonyl (C=O) groups is 1. The summed E-state index contributed by atoms with van der Waals surface area (Å²) < 4.78 is 13.6. The number of hydrogen-bond donors (Lipinski definition) is 1. The monoisotopic (exact) mass is 452 g/mol. The Morgan fingerprint density at radius 2 is 1.70 bits per heavy atom. The van der Waals surface area contributed by atoms with Gasteiger partial charge in [0.25, 0.3) is 0 Å². The minimum atomic E-state index is -0.406. The maximum Gasteiger partial charge on any atom is 0.414 e. The summed E-state index contributed by atoms with van der Waals surface area (Å²) >= 11 is 0. The highest BCUT2D eigenvalue weighted by Gasteiger charge is 2.29. The quantitative estimate of drug-likeness (QED) is 0.668. The van der Waals surface area contributed by atoms with Gasteiger partial charge in [0.05, 0.1) is 11.4 Å². The number of ether oxygens (including phenoxy) is 2. The minimum absolute atomic E-state index is 0.209. The number of benzene rings is 1. The average Bonchev–Trinajstić information content (AvgIpc) is 3.15. The van der Waals surface area contributed by atoms with Gasteiger partial charge in [0.15, 0.2) is 0 Å². The van der Waals surface area contributed by atoms with E-state index in [1.807, 2.05) is 31.2 Å². The molecule has 5 rings (SSSR count). The van der Waals surface area contributed by atoms with Gasteiger partial charge in [0, 0.05) is 31.2 Å². The number of carbonyl (C=O) groups excluding carboxylic acids is 1. The molecule has 0 bridgehead atoms. The van der Waals surface area contributed by atoms with Crippen LogP contribution in [0.5, 0.6) is 11.6 Å². The molecular formula is C26H36N4O3. The summed E-state index contributed by atoms with van der Waals surface area (Å²) in [6, 6.07) is 10.7. The van der Waals surface area contributed by atoms with E-state index in [1.54, 1.807) is 10.7 Å². The molecule has 0 unspecified atom stereocenters. The zero-order valence-electron chi connectivity index (χ0n) is 19.7. The lowest BCUT2D eigenvalue weighted by Gasteiger charge is -2.41. The maximum atomic E-state index is 12.4. The van der Waals surface area contributed by atoms with Crippen molar-refractivity contribution in [2.45, 2.75) is 89.3 Å². The van der Waals surface area contributed by atoms with Crippen LogP contribution < -0.4 is 14.8 Å². The van der Waals surface area contributed by atoms with Crippen molar-refractivity contribution >= 4 is 6.09 Å². The Kier molecular flexibility index (Phi) is 6.85. The second kappa shape index (κ2) is 10.2. The first-order valence-electron chi connectivity index (χ1n) is 12.7. The van der Waals surface area contributed by atoms with Crippen LogP contribution in [0.25, 0.3) is 5.69 Å². The first kappa shape index (κ1) is 22.3. The molecule has 3 aliphatic rings. The lowest BCUT2D eigenvalue weighted by molar-refractivity contribution is 0.0493. The van der Waals surface area contributed by atoms with Crippen LogP contribution in [0.3, 0.4) is 0 Å². The van der Waals surface area contributed by atoms with Crippen molar-refractivity contribution in [3.63, 3.8) is 0 Å². The molecule has 1 amide bonds. The van der Waals surface area contributed by atoms with Gasteiger partial charge >= 0.3 is 6.09 Å². The van der Waals surface area contributed by atoms with Crippen LogP contribution in [0.2, 0.25) is 0 Å². The predicted molar refractivity (Wildman–Crippen MR) is 127 cm³/mol. The third-order valence-electron chi connectivity index (χ3n) is 7.37. The first-order valence-corrected chi connectivity index (χ1v) is 12.7. The first-order chi connectivity index (χ1) is 16.1. The Morgan fingerprint density at radius 1 is 0.970 bits per heavy atom. The molecule has 2 heterocycles. The highest BCUT2D eigenvalue weighted by molar-refractivity contribution is 5.70. The molecule has 3 fully saturated rings. The highest BCUT2D eigenvalue weighted by atomic mass is 16.6. The number of hydrogen-bond acceptors (Lipinski definition) is 5. The topological polar surface area (TPSA) is 68.6 Å². The van der Waals surface area contributed by atoms with Gasteiger partial charge in [-0.25, -0.2) is 9.48 Å². The fraction of sp³-hybridized carbons (Fsp3) is 0.615. The second-order valence-corrected chi connectivity index (χ2v) is 9.84. The molecule has 0 radical (unpaired) electrons. The lowest BCUT2D eigenvalue weighted by Crippen LogP contribution is -2.46. The van der Waals surface area contributed by atoms with Crippen LogP contribution in [-0.2, 0) is 0 Å². The molecule has 2 aliphatic carbocycles. The molecule has 0 atom stereocenters. The average molecular weight is 453 g/mol. The standard InChI is InChI=1S/C26H36N4O3/c1-19-18-25(33-26(31)27-20-6-3-2-4-7-20)30(28-19)22-10-12-23(13-11-22)32-24-14-16-29(17-15-24)21-8-5-9-21/h10-13,18,20-21,24H,2-9,14-17H2,1H3,(H,27,31). The summed E-state index contributed by atoms with van der Waals surface area (Å²) in [5.41, 5.74) is 1.64. The fourth-order valence-corrected chi connectivity index (χ4v) is 5.24. The van der Waals surface area contributed by atoms with E-state index < -0.39 is 6.09 Å². The summed E-state index contributed by atoms with van der Waals surface area (Å²) in [5, 5.41) is 7.53. The summed E-state index contributed by atoms with van der Waals surface area (Å²) in [6.07, 6.45) is 11.8. The molecule has 1 N–H and O–H groups in total. The van der Waals surface area contributed by atoms with Crippen molar-refractivity contribution in [2.24, 2.45) is 0 Å². The molecule has 178 valence electrons. The highest BCUT2D eigenvalue weighted by Crippen LogP contribution is 2.29. The van der Waals surface area contributed by atoms with E-state index >= 15 is 0 Å². The van der Waals surface area contributed by atoms with Gasteiger partial charge in [-0.3, -0.25) is 0 Å². The molecular weight excluding hydrogens is 416 g/mol. The lowest BCUT2D eigenvalue weighted by atomic mass is 9.90. The van der Waals surface area contributed by atoms with E-state index in [-0.39, 0.29) is 12.1 Å². The number of piperidine rings is 1. The van der Waals surface area contributed by atoms with E-state index in [9.17, 15) is 4.79 Å². The number of nitrogens with one attached hydrogen (secondary N) is 1. The molecule has 1 aromatic carbocycles. The molecule has 1 aromatic heterocycles. The molecule has 7 heteroatoms. The van der Waals surface area contributed by atoms with Crippen molar-refractivity contribution in [1.29, 1.82) is 0 Å². The van der Waals surface area contributed by atoms with Crippen LogP contribution >= 0.6 is 0 Å². The Morgan fingerprint density at radius 3 is 2.36 bits per heavy atom. The number of aryl methyl sites for hydroxylation is 1. The maximum absolute atomic E-state index is 12.4. The molecule has 33 heavy (non-hydrogen) atoms. The second-order valence-electron chi connectivity index (χ2n) is 9.84. The van der Waals surface area contributed by atoms with Crippen molar-refractivity contribution in [3.05, 3.63) is 36.0 Å². The van der Waals surface area contributed by atoms with Crippen LogP contribution in [-0.4, -0.2) is 52.1 Å². The fourth-order valence-electron chi connectivity index (χ4n) is 5.24. The normalized spacial score (nSPS) is 20.9. The van der Waals surface area contributed by atoms with Gasteiger partial charge in [0.1, 0.15) is 11.9 Å². The zero-order valence-corrected chi connectivity index (χ0v) is 19.7. The Balaban J connectivity index is 1.17. The molecule has 2 aromatic rings. The van der Waals surface area contributed by atoms with Gasteiger partial charge in [-0.1, -0.05) is 25.7 Å². The van der Waals surface area contributed by atoms with Crippen molar-refractivity contribution in [3.8, 4) is 17.3 Å². The number of amides is 1. The number of rotatable bonds is 6. The van der Waals surface area contributed by atoms with Crippen LogP contribution in [0, 0.1) is 6.92 Å². The largest absolute Gasteiger partial charge is 0.490 e. The zero-order chi connectivity index (χ0) is 22.6. The SMILES string of the molecule is Cc1cc(OC(=O)NC2CCCCC2)n(-c2ccc(OC3CCN(C4CCC4)CC3)cc2)n1. The predicted octanol–water partition coefficient (Wildman–Crippen LogP) is 5.00. The third-order valence-corrected chi connectivity index (χ3v) is 7.37. The Hall–Kier alpha value is -2.54. The van der Waals surface area contributed by atoms with Gasteiger partial charge in [-0.05, 0) is 69.7 Å². The minimum Gasteiger partial charge on any atom is -0.490 e. The number of likely N-dealkylation sites (tertiary alicyclic amines) is 1. The van der Waals surface area contributed by atoms with Crippen LogP contribution in [0.1, 0.15) is 69.9 Å². The summed E-state index contributed by atoms with van der Waals surface area (Å²) in [6.45, 7) is 4.18. The van der Waals surface area contributed by atoms with Crippen molar-refractivity contribution < 1.29 is 14.3 Å². The third kappa shape index (κ3) is 5.52. The van der Waals surface area contributed by atoms with Crippen LogP contribution in [0.15, 0.2) is 30.3 Å². The van der Waals surface area contributed by atoms with E-state index in [0.717, 1.165) is 74.8 Å². The van der Waals surface area contributed by atoms with Gasteiger partial charge in [0.2, 0.25) is 5.88 Å². The Labute approximate surface area is 196 Å². The van der Waals surface area contributed by atoms with Gasteiger partial charge in [-0.15, -0.1) is 0 Å². The summed E-state index contributed by atoms with van der Waals surface area (Å²) in [5.74, 6) is 1.31. The molecule has 0 spiro atoms. The molecule has 1 aliphatic heterocycles. The van der Waals surface area contributed by atoms with Crippen LogP contribution in [0.4, 0.5) is 4.79 Å².